The van der Waals surface area contributed by atoms with E-state index in [1.165, 1.54) is 4.80 Å². The second-order valence-electron chi connectivity index (χ2n) is 6.03. The minimum Gasteiger partial charge on any atom is -0.368 e. The molecule has 2 aromatic heterocycles. The van der Waals surface area contributed by atoms with Gasteiger partial charge in [-0.05, 0) is 35.9 Å². The van der Waals surface area contributed by atoms with E-state index >= 15 is 0 Å². The van der Waals surface area contributed by atoms with Crippen LogP contribution in [-0.2, 0) is 6.54 Å². The van der Waals surface area contributed by atoms with Gasteiger partial charge in [-0.2, -0.15) is 19.7 Å². The number of tetrazole rings is 1. The third-order valence-corrected chi connectivity index (χ3v) is 4.14. The highest BCUT2D eigenvalue weighted by molar-refractivity contribution is 6.30. The van der Waals surface area contributed by atoms with Gasteiger partial charge in [-0.1, -0.05) is 41.9 Å². The van der Waals surface area contributed by atoms with E-state index in [0.717, 1.165) is 16.8 Å². The SMILES string of the molecule is Cc1ccccc1Nc1nc(N)nc(Cn2nnc(-c3cccc(Cl)c3)n2)n1. The number of para-hydroxylation sites is 1. The van der Waals surface area contributed by atoms with E-state index in [-0.39, 0.29) is 12.5 Å². The number of rotatable bonds is 5. The zero-order chi connectivity index (χ0) is 19.5. The lowest BCUT2D eigenvalue weighted by molar-refractivity contribution is 0.554. The van der Waals surface area contributed by atoms with E-state index in [0.29, 0.717) is 22.6 Å². The van der Waals surface area contributed by atoms with Crippen molar-refractivity contribution in [3.05, 3.63) is 64.9 Å². The smallest absolute Gasteiger partial charge is 0.232 e. The first-order valence-electron chi connectivity index (χ1n) is 8.44. The molecule has 0 aliphatic heterocycles. The van der Waals surface area contributed by atoms with Crippen LogP contribution >= 0.6 is 11.6 Å². The molecular formula is C18H16ClN9. The van der Waals surface area contributed by atoms with Crippen molar-refractivity contribution in [3.8, 4) is 11.4 Å². The molecule has 0 atom stereocenters. The number of hydrogen-bond acceptors (Lipinski definition) is 8. The van der Waals surface area contributed by atoms with Crippen LogP contribution in [-0.4, -0.2) is 35.2 Å². The number of nitrogens with one attached hydrogen (secondary N) is 1. The summed E-state index contributed by atoms with van der Waals surface area (Å²) in [7, 11) is 0. The highest BCUT2D eigenvalue weighted by Gasteiger charge is 2.11. The zero-order valence-electron chi connectivity index (χ0n) is 14.9. The van der Waals surface area contributed by atoms with E-state index in [1.54, 1.807) is 12.1 Å². The van der Waals surface area contributed by atoms with Crippen LogP contribution in [0.2, 0.25) is 5.02 Å². The lowest BCUT2D eigenvalue weighted by Crippen LogP contribution is -2.12. The van der Waals surface area contributed by atoms with Gasteiger partial charge >= 0.3 is 0 Å². The molecule has 0 radical (unpaired) electrons. The normalized spacial score (nSPS) is 10.8. The van der Waals surface area contributed by atoms with Crippen molar-refractivity contribution >= 4 is 29.2 Å². The first-order valence-corrected chi connectivity index (χ1v) is 8.81. The van der Waals surface area contributed by atoms with Crippen molar-refractivity contribution in [2.75, 3.05) is 11.1 Å². The van der Waals surface area contributed by atoms with Gasteiger partial charge in [-0.15, -0.1) is 10.2 Å². The maximum absolute atomic E-state index is 6.01. The number of nitrogens with zero attached hydrogens (tertiary/aromatic N) is 7. The molecule has 3 N–H and O–H groups in total. The molecule has 28 heavy (non-hydrogen) atoms. The van der Waals surface area contributed by atoms with Gasteiger partial charge in [0.05, 0.1) is 0 Å². The Morgan fingerprint density at radius 2 is 1.93 bits per heavy atom. The number of benzene rings is 2. The Balaban J connectivity index is 1.55. The molecule has 2 aromatic carbocycles. The highest BCUT2D eigenvalue weighted by Crippen LogP contribution is 2.19. The van der Waals surface area contributed by atoms with Gasteiger partial charge in [0.15, 0.2) is 5.82 Å². The molecular weight excluding hydrogens is 378 g/mol. The van der Waals surface area contributed by atoms with E-state index in [9.17, 15) is 0 Å². The maximum atomic E-state index is 6.01. The summed E-state index contributed by atoms with van der Waals surface area (Å²) in [5, 5.41) is 16.2. The number of hydrogen-bond donors (Lipinski definition) is 2. The molecule has 9 nitrogen and oxygen atoms in total. The molecule has 0 fully saturated rings. The average Bonchev–Trinajstić information content (AvgIpc) is 3.12. The first-order chi connectivity index (χ1) is 13.6. The number of nitrogens with two attached hydrogens (primary N) is 1. The van der Waals surface area contributed by atoms with Crippen molar-refractivity contribution in [1.82, 2.24) is 35.2 Å². The fourth-order valence-electron chi connectivity index (χ4n) is 2.58. The molecule has 0 saturated carbocycles. The second kappa shape index (κ2) is 7.57. The lowest BCUT2D eigenvalue weighted by Gasteiger charge is -2.09. The van der Waals surface area contributed by atoms with Gasteiger partial charge in [-0.25, -0.2) is 0 Å². The van der Waals surface area contributed by atoms with Crippen LogP contribution in [0.4, 0.5) is 17.6 Å². The van der Waals surface area contributed by atoms with E-state index in [2.05, 4.69) is 35.7 Å². The molecule has 0 bridgehead atoms. The minimum absolute atomic E-state index is 0.108. The number of aromatic nitrogens is 7. The summed E-state index contributed by atoms with van der Waals surface area (Å²) in [4.78, 5) is 14.1. The lowest BCUT2D eigenvalue weighted by atomic mass is 10.2. The summed E-state index contributed by atoms with van der Waals surface area (Å²) in [5.41, 5.74) is 8.56. The molecule has 0 spiro atoms. The minimum atomic E-state index is 0.108. The van der Waals surface area contributed by atoms with E-state index in [1.807, 2.05) is 43.3 Å². The van der Waals surface area contributed by atoms with Crippen LogP contribution in [0, 0.1) is 6.92 Å². The van der Waals surface area contributed by atoms with Gasteiger partial charge in [0.1, 0.15) is 6.54 Å². The molecule has 4 rings (SSSR count). The largest absolute Gasteiger partial charge is 0.368 e. The quantitative estimate of drug-likeness (QED) is 0.531. The average molecular weight is 394 g/mol. The zero-order valence-corrected chi connectivity index (χ0v) is 15.7. The van der Waals surface area contributed by atoms with Crippen molar-refractivity contribution in [2.24, 2.45) is 0 Å². The van der Waals surface area contributed by atoms with E-state index < -0.39 is 0 Å². The van der Waals surface area contributed by atoms with Crippen molar-refractivity contribution in [3.63, 3.8) is 0 Å². The number of aryl methyl sites for hydroxylation is 1. The number of halogens is 1. The summed E-state index contributed by atoms with van der Waals surface area (Å²) in [5.74, 6) is 1.34. The van der Waals surface area contributed by atoms with Gasteiger partial charge in [0.2, 0.25) is 17.7 Å². The molecule has 0 unspecified atom stereocenters. The maximum Gasteiger partial charge on any atom is 0.232 e. The molecule has 0 saturated heterocycles. The summed E-state index contributed by atoms with van der Waals surface area (Å²) in [6.45, 7) is 2.19. The first kappa shape index (κ1) is 17.8. The van der Waals surface area contributed by atoms with Crippen LogP contribution < -0.4 is 11.1 Å². The van der Waals surface area contributed by atoms with Gasteiger partial charge < -0.3 is 11.1 Å². The Bertz CT molecular complexity index is 1130. The number of anilines is 3. The fraction of sp³-hybridized carbons (Fsp3) is 0.111. The molecule has 0 amide bonds. The Morgan fingerprint density at radius 3 is 2.75 bits per heavy atom. The van der Waals surface area contributed by atoms with E-state index in [4.69, 9.17) is 17.3 Å². The summed E-state index contributed by atoms with van der Waals surface area (Å²) >= 11 is 6.01. The molecule has 10 heteroatoms. The fourth-order valence-corrected chi connectivity index (χ4v) is 2.77. The third-order valence-electron chi connectivity index (χ3n) is 3.91. The van der Waals surface area contributed by atoms with Gasteiger partial charge in [0.25, 0.3) is 0 Å². The Labute approximate surface area is 165 Å². The standard InChI is InChI=1S/C18H16ClN9/c1-11-5-2-3-8-14(11)21-18-23-15(22-17(20)24-18)10-28-26-16(25-27-28)12-6-4-7-13(19)9-12/h2-9H,10H2,1H3,(H3,20,21,22,23,24). The summed E-state index contributed by atoms with van der Waals surface area (Å²) < 4.78 is 0. The van der Waals surface area contributed by atoms with Crippen LogP contribution in [0.1, 0.15) is 11.4 Å². The molecule has 0 aliphatic rings. The summed E-state index contributed by atoms with van der Waals surface area (Å²) in [6.07, 6.45) is 0. The van der Waals surface area contributed by atoms with Gasteiger partial charge in [0, 0.05) is 16.3 Å². The van der Waals surface area contributed by atoms with Crippen molar-refractivity contribution in [1.29, 1.82) is 0 Å². The topological polar surface area (TPSA) is 120 Å². The molecule has 140 valence electrons. The highest BCUT2D eigenvalue weighted by atomic mass is 35.5. The second-order valence-corrected chi connectivity index (χ2v) is 6.46. The van der Waals surface area contributed by atoms with Crippen LogP contribution in [0.25, 0.3) is 11.4 Å². The Kier molecular flexibility index (Phi) is 4.81. The summed E-state index contributed by atoms with van der Waals surface area (Å²) in [6, 6.07) is 15.1. The predicted molar refractivity (Wildman–Crippen MR) is 106 cm³/mol. The van der Waals surface area contributed by atoms with Crippen LogP contribution in [0.5, 0.6) is 0 Å². The van der Waals surface area contributed by atoms with Crippen LogP contribution in [0.15, 0.2) is 48.5 Å². The van der Waals surface area contributed by atoms with Crippen molar-refractivity contribution < 1.29 is 0 Å². The van der Waals surface area contributed by atoms with Crippen molar-refractivity contribution in [2.45, 2.75) is 13.5 Å². The molecule has 0 aliphatic carbocycles. The Morgan fingerprint density at radius 1 is 1.07 bits per heavy atom. The Hall–Kier alpha value is -3.59. The third kappa shape index (κ3) is 4.04. The number of nitrogen functional groups attached to an aromatic ring is 1. The monoisotopic (exact) mass is 393 g/mol. The molecule has 4 aromatic rings. The predicted octanol–water partition coefficient (Wildman–Crippen LogP) is 2.86. The van der Waals surface area contributed by atoms with Gasteiger partial charge in [-0.3, -0.25) is 0 Å². The molecule has 2 heterocycles. The van der Waals surface area contributed by atoms with Crippen LogP contribution in [0.3, 0.4) is 0 Å².